The second-order valence-corrected chi connectivity index (χ2v) is 7.68. The minimum Gasteiger partial charge on any atom is -0.480 e. The third-order valence-electron chi connectivity index (χ3n) is 3.93. The number of hydrogen-bond donors (Lipinski definition) is 1. The van der Waals surface area contributed by atoms with Crippen molar-refractivity contribution in [2.75, 3.05) is 26.7 Å². The molecule has 0 saturated carbocycles. The first-order valence-corrected chi connectivity index (χ1v) is 8.88. The van der Waals surface area contributed by atoms with Crippen molar-refractivity contribution in [1.29, 1.82) is 0 Å². The van der Waals surface area contributed by atoms with Crippen molar-refractivity contribution in [1.82, 2.24) is 9.21 Å². The predicted molar refractivity (Wildman–Crippen MR) is 83.2 cm³/mol. The number of benzene rings is 1. The molecule has 1 amide bonds. The van der Waals surface area contributed by atoms with Gasteiger partial charge in [-0.15, -0.1) is 0 Å². The molecule has 0 bridgehead atoms. The largest absolute Gasteiger partial charge is 0.480 e. The normalized spacial score (nSPS) is 19.0. The molecule has 24 heavy (non-hydrogen) atoms. The second-order valence-electron chi connectivity index (χ2n) is 5.74. The van der Waals surface area contributed by atoms with E-state index in [1.54, 1.807) is 0 Å². The first kappa shape index (κ1) is 18.3. The summed E-state index contributed by atoms with van der Waals surface area (Å²) in [6.45, 7) is -0.172. The van der Waals surface area contributed by atoms with Gasteiger partial charge in [0.1, 0.15) is 12.4 Å². The van der Waals surface area contributed by atoms with E-state index >= 15 is 0 Å². The molecule has 132 valence electrons. The van der Waals surface area contributed by atoms with Gasteiger partial charge in [0.2, 0.25) is 15.9 Å². The van der Waals surface area contributed by atoms with Gasteiger partial charge < -0.3 is 10.0 Å². The molecule has 1 aromatic carbocycles. The molecule has 0 radical (unpaired) electrons. The highest BCUT2D eigenvalue weighted by molar-refractivity contribution is 7.89. The number of carbonyl (C=O) groups is 2. The highest BCUT2D eigenvalue weighted by atomic mass is 32.2. The van der Waals surface area contributed by atoms with Crippen LogP contribution in [0.3, 0.4) is 0 Å². The topological polar surface area (TPSA) is 95.0 Å². The Labute approximate surface area is 139 Å². The fourth-order valence-electron chi connectivity index (χ4n) is 2.71. The monoisotopic (exact) mass is 358 g/mol. The predicted octanol–water partition coefficient (Wildman–Crippen LogP) is 0.769. The van der Waals surface area contributed by atoms with E-state index in [0.717, 1.165) is 17.0 Å². The van der Waals surface area contributed by atoms with E-state index in [2.05, 4.69) is 0 Å². The average Bonchev–Trinajstić information content (AvgIpc) is 2.54. The number of carboxylic acid groups (broad SMARTS) is 1. The van der Waals surface area contributed by atoms with Crippen molar-refractivity contribution >= 4 is 21.9 Å². The molecule has 1 heterocycles. The van der Waals surface area contributed by atoms with E-state index in [1.807, 2.05) is 0 Å². The van der Waals surface area contributed by atoms with E-state index in [4.69, 9.17) is 5.11 Å². The van der Waals surface area contributed by atoms with Crippen molar-refractivity contribution in [2.45, 2.75) is 17.7 Å². The van der Waals surface area contributed by atoms with Crippen molar-refractivity contribution in [3.05, 3.63) is 30.1 Å². The summed E-state index contributed by atoms with van der Waals surface area (Å²) in [4.78, 5) is 24.0. The van der Waals surface area contributed by atoms with Crippen LogP contribution < -0.4 is 0 Å². The van der Waals surface area contributed by atoms with Crippen LogP contribution in [-0.4, -0.2) is 61.3 Å². The molecule has 1 aliphatic heterocycles. The van der Waals surface area contributed by atoms with Crippen molar-refractivity contribution in [2.24, 2.45) is 5.92 Å². The molecule has 1 atom stereocenters. The van der Waals surface area contributed by atoms with E-state index in [9.17, 15) is 22.4 Å². The molecule has 1 saturated heterocycles. The molecule has 9 heteroatoms. The van der Waals surface area contributed by atoms with Crippen molar-refractivity contribution in [3.63, 3.8) is 0 Å². The Morgan fingerprint density at radius 2 is 1.96 bits per heavy atom. The van der Waals surface area contributed by atoms with Gasteiger partial charge in [0.15, 0.2) is 0 Å². The third kappa shape index (κ3) is 4.09. The smallest absolute Gasteiger partial charge is 0.323 e. The number of aliphatic carboxylic acids is 1. The fraction of sp³-hybridized carbons (Fsp3) is 0.467. The van der Waals surface area contributed by atoms with Crippen LogP contribution in [0.5, 0.6) is 0 Å². The summed E-state index contributed by atoms with van der Waals surface area (Å²) >= 11 is 0. The number of halogens is 1. The second kappa shape index (κ2) is 7.27. The number of rotatable bonds is 5. The summed E-state index contributed by atoms with van der Waals surface area (Å²) in [7, 11) is -2.44. The molecule has 2 rings (SSSR count). The summed E-state index contributed by atoms with van der Waals surface area (Å²) in [5.41, 5.74) is 0. The van der Waals surface area contributed by atoms with Gasteiger partial charge in [-0.25, -0.2) is 12.8 Å². The van der Waals surface area contributed by atoms with Crippen LogP contribution in [0.1, 0.15) is 12.8 Å². The zero-order valence-corrected chi connectivity index (χ0v) is 14.0. The molecule has 1 unspecified atom stereocenters. The first-order chi connectivity index (χ1) is 11.2. The maximum absolute atomic E-state index is 13.0. The number of carboxylic acids is 1. The van der Waals surface area contributed by atoms with Crippen LogP contribution in [0.2, 0.25) is 0 Å². The summed E-state index contributed by atoms with van der Waals surface area (Å²) in [5.74, 6) is -2.64. The minimum atomic E-state index is -3.81. The zero-order chi connectivity index (χ0) is 17.9. The Kier molecular flexibility index (Phi) is 5.55. The number of sulfonamides is 1. The molecule has 0 spiro atoms. The number of carbonyl (C=O) groups excluding carboxylic acids is 1. The standard InChI is InChI=1S/C15H19FN2O5S/c1-17(10-14(19)20)15(21)11-3-2-8-18(9-11)24(22,23)13-6-4-12(16)5-7-13/h4-7,11H,2-3,8-10H2,1H3,(H,19,20). The van der Waals surface area contributed by atoms with Gasteiger partial charge in [-0.3, -0.25) is 9.59 Å². The van der Waals surface area contributed by atoms with Crippen molar-refractivity contribution < 1.29 is 27.5 Å². The number of hydrogen-bond acceptors (Lipinski definition) is 4. The Bertz CT molecular complexity index is 720. The summed E-state index contributed by atoms with van der Waals surface area (Å²) in [5, 5.41) is 8.75. The van der Waals surface area contributed by atoms with Gasteiger partial charge in [-0.1, -0.05) is 0 Å². The van der Waals surface area contributed by atoms with Gasteiger partial charge in [0.25, 0.3) is 0 Å². The van der Waals surface area contributed by atoms with Gasteiger partial charge in [-0.2, -0.15) is 4.31 Å². The van der Waals surface area contributed by atoms with Crippen LogP contribution in [-0.2, 0) is 19.6 Å². The Balaban J connectivity index is 2.13. The first-order valence-electron chi connectivity index (χ1n) is 7.44. The summed E-state index contributed by atoms with van der Waals surface area (Å²) in [6.07, 6.45) is 0.996. The molecule has 7 nitrogen and oxygen atoms in total. The van der Waals surface area contributed by atoms with Gasteiger partial charge >= 0.3 is 5.97 Å². The highest BCUT2D eigenvalue weighted by Gasteiger charge is 2.34. The lowest BCUT2D eigenvalue weighted by Crippen LogP contribution is -2.46. The van der Waals surface area contributed by atoms with Gasteiger partial charge in [-0.05, 0) is 37.1 Å². The maximum Gasteiger partial charge on any atom is 0.323 e. The summed E-state index contributed by atoms with van der Waals surface area (Å²) in [6, 6.07) is 4.51. The minimum absolute atomic E-state index is 0.0114. The van der Waals surface area contributed by atoms with Crippen molar-refractivity contribution in [3.8, 4) is 0 Å². The lowest BCUT2D eigenvalue weighted by Gasteiger charge is -2.32. The van der Waals surface area contributed by atoms with Gasteiger partial charge in [0, 0.05) is 20.1 Å². The number of likely N-dealkylation sites (N-methyl/N-ethyl adjacent to an activating group) is 1. The number of nitrogens with zero attached hydrogens (tertiary/aromatic N) is 2. The average molecular weight is 358 g/mol. The molecule has 1 aliphatic rings. The van der Waals surface area contributed by atoms with Crippen LogP contribution >= 0.6 is 0 Å². The van der Waals surface area contributed by atoms with Crippen LogP contribution in [0.4, 0.5) is 4.39 Å². The number of amides is 1. The Hall–Kier alpha value is -2.00. The van der Waals surface area contributed by atoms with Crippen LogP contribution in [0, 0.1) is 11.7 Å². The zero-order valence-electron chi connectivity index (χ0n) is 13.2. The lowest BCUT2D eigenvalue weighted by atomic mass is 9.98. The quantitative estimate of drug-likeness (QED) is 0.839. The van der Waals surface area contributed by atoms with E-state index < -0.39 is 40.2 Å². The fourth-order valence-corrected chi connectivity index (χ4v) is 4.23. The molecule has 1 fully saturated rings. The van der Waals surface area contributed by atoms with E-state index in [0.29, 0.717) is 12.8 Å². The van der Waals surface area contributed by atoms with Crippen LogP contribution in [0.25, 0.3) is 0 Å². The SMILES string of the molecule is CN(CC(=O)O)C(=O)C1CCCN(S(=O)(=O)c2ccc(F)cc2)C1. The molecule has 0 aromatic heterocycles. The Morgan fingerprint density at radius 1 is 1.33 bits per heavy atom. The third-order valence-corrected chi connectivity index (χ3v) is 5.81. The van der Waals surface area contributed by atoms with E-state index in [-0.39, 0.29) is 18.0 Å². The highest BCUT2D eigenvalue weighted by Crippen LogP contribution is 2.25. The molecular formula is C15H19FN2O5S. The molecule has 1 N–H and O–H groups in total. The molecule has 1 aromatic rings. The van der Waals surface area contributed by atoms with Gasteiger partial charge in [0.05, 0.1) is 10.8 Å². The molecule has 0 aliphatic carbocycles. The van der Waals surface area contributed by atoms with E-state index in [1.165, 1.54) is 23.5 Å². The summed E-state index contributed by atoms with van der Waals surface area (Å²) < 4.78 is 39.4. The van der Waals surface area contributed by atoms with Crippen LogP contribution in [0.15, 0.2) is 29.2 Å². The maximum atomic E-state index is 13.0. The molecular weight excluding hydrogens is 339 g/mol. The number of piperidine rings is 1. The Morgan fingerprint density at radius 3 is 2.54 bits per heavy atom. The lowest BCUT2D eigenvalue weighted by molar-refractivity contribution is -0.145.